The van der Waals surface area contributed by atoms with E-state index < -0.39 is 5.82 Å². The van der Waals surface area contributed by atoms with Crippen LogP contribution < -0.4 is 5.32 Å². The average molecular weight is 376 g/mol. The number of furan rings is 1. The van der Waals surface area contributed by atoms with Gasteiger partial charge in [0.25, 0.3) is 5.91 Å². The van der Waals surface area contributed by atoms with E-state index in [1.807, 2.05) is 0 Å². The van der Waals surface area contributed by atoms with Gasteiger partial charge in [0.1, 0.15) is 15.9 Å². The molecule has 0 atom stereocenters. The van der Waals surface area contributed by atoms with Crippen LogP contribution in [0.15, 0.2) is 52.0 Å². The first-order chi connectivity index (χ1) is 12.0. The molecule has 1 aromatic heterocycles. The van der Waals surface area contributed by atoms with E-state index in [1.165, 1.54) is 41.1 Å². The zero-order valence-electron chi connectivity index (χ0n) is 12.9. The zero-order valence-corrected chi connectivity index (χ0v) is 14.5. The van der Waals surface area contributed by atoms with Gasteiger partial charge >= 0.3 is 0 Å². The van der Waals surface area contributed by atoms with Crippen molar-refractivity contribution in [1.29, 1.82) is 0 Å². The first-order valence-electron chi connectivity index (χ1n) is 7.37. The van der Waals surface area contributed by atoms with Crippen molar-refractivity contribution in [3.63, 3.8) is 0 Å². The summed E-state index contributed by atoms with van der Waals surface area (Å²) in [6, 6.07) is 9.08. The van der Waals surface area contributed by atoms with E-state index >= 15 is 0 Å². The first kappa shape index (κ1) is 17.4. The van der Waals surface area contributed by atoms with Gasteiger partial charge in [-0.05, 0) is 30.3 Å². The van der Waals surface area contributed by atoms with Crippen molar-refractivity contribution >= 4 is 51.9 Å². The summed E-state index contributed by atoms with van der Waals surface area (Å²) in [7, 11) is 0. The number of thioether (sulfide) groups is 1. The van der Waals surface area contributed by atoms with Crippen molar-refractivity contribution in [3.05, 3.63) is 59.1 Å². The van der Waals surface area contributed by atoms with E-state index in [0.29, 0.717) is 20.7 Å². The van der Waals surface area contributed by atoms with Crippen LogP contribution in [0.5, 0.6) is 0 Å². The molecule has 0 spiro atoms. The Balaban J connectivity index is 1.58. The maximum Gasteiger partial charge on any atom is 0.266 e. The van der Waals surface area contributed by atoms with E-state index in [-0.39, 0.29) is 24.8 Å². The van der Waals surface area contributed by atoms with Gasteiger partial charge in [-0.25, -0.2) is 4.39 Å². The number of amides is 2. The van der Waals surface area contributed by atoms with Gasteiger partial charge in [0.2, 0.25) is 5.91 Å². The Hall–Kier alpha value is -2.45. The minimum absolute atomic E-state index is 0.0526. The first-order valence-corrected chi connectivity index (χ1v) is 8.60. The Bertz CT molecular complexity index is 849. The number of rotatable bonds is 5. The molecule has 1 saturated heterocycles. The Labute approximate surface area is 152 Å². The molecule has 1 fully saturated rings. The third-order valence-corrected chi connectivity index (χ3v) is 4.74. The highest BCUT2D eigenvalue weighted by Crippen LogP contribution is 2.32. The standard InChI is InChI=1S/C17H13FN2O3S2/c18-11-3-1-4-12(9-11)19-15(21)6-7-20-16(22)14(25-17(20)24)10-13-5-2-8-23-13/h1-5,8-10H,6-7H2,(H,19,21)/b14-10+. The molecule has 0 bridgehead atoms. The molecule has 128 valence electrons. The summed E-state index contributed by atoms with van der Waals surface area (Å²) >= 11 is 6.37. The fourth-order valence-electron chi connectivity index (χ4n) is 2.20. The summed E-state index contributed by atoms with van der Waals surface area (Å²) in [5, 5.41) is 2.59. The number of benzene rings is 1. The molecule has 1 aromatic carbocycles. The van der Waals surface area contributed by atoms with Crippen molar-refractivity contribution in [2.24, 2.45) is 0 Å². The maximum absolute atomic E-state index is 13.1. The Kier molecular flexibility index (Phi) is 5.30. The second-order valence-electron chi connectivity index (χ2n) is 5.16. The maximum atomic E-state index is 13.1. The van der Waals surface area contributed by atoms with E-state index in [0.717, 1.165) is 0 Å². The van der Waals surface area contributed by atoms with Crippen molar-refractivity contribution < 1.29 is 18.4 Å². The normalized spacial score (nSPS) is 15.9. The lowest BCUT2D eigenvalue weighted by molar-refractivity contribution is -0.122. The Morgan fingerprint density at radius 2 is 2.20 bits per heavy atom. The van der Waals surface area contributed by atoms with Gasteiger partial charge in [0.15, 0.2) is 0 Å². The fourth-order valence-corrected chi connectivity index (χ4v) is 3.49. The monoisotopic (exact) mass is 376 g/mol. The van der Waals surface area contributed by atoms with Crippen LogP contribution >= 0.6 is 24.0 Å². The van der Waals surface area contributed by atoms with Crippen LogP contribution in [0.25, 0.3) is 6.08 Å². The van der Waals surface area contributed by atoms with Crippen LogP contribution in [-0.2, 0) is 9.59 Å². The molecule has 3 rings (SSSR count). The average Bonchev–Trinajstić information content (AvgIpc) is 3.15. The summed E-state index contributed by atoms with van der Waals surface area (Å²) in [6.45, 7) is 0.154. The molecule has 2 amide bonds. The van der Waals surface area contributed by atoms with Crippen molar-refractivity contribution in [2.45, 2.75) is 6.42 Å². The second-order valence-corrected chi connectivity index (χ2v) is 6.83. The smallest absolute Gasteiger partial charge is 0.266 e. The minimum atomic E-state index is -0.433. The highest BCUT2D eigenvalue weighted by atomic mass is 32.2. The van der Waals surface area contributed by atoms with Gasteiger partial charge in [0, 0.05) is 24.7 Å². The van der Waals surface area contributed by atoms with Crippen LogP contribution in [0, 0.1) is 5.82 Å². The highest BCUT2D eigenvalue weighted by molar-refractivity contribution is 8.26. The molecular formula is C17H13FN2O3S2. The molecule has 8 heteroatoms. The number of carbonyl (C=O) groups excluding carboxylic acids is 2. The summed E-state index contributed by atoms with van der Waals surface area (Å²) in [5.74, 6) is -0.457. The fraction of sp³-hybridized carbons (Fsp3) is 0.118. The number of hydrogen-bond donors (Lipinski definition) is 1. The van der Waals surface area contributed by atoms with Crippen molar-refractivity contribution in [3.8, 4) is 0 Å². The van der Waals surface area contributed by atoms with Crippen LogP contribution in [0.3, 0.4) is 0 Å². The molecule has 0 aliphatic carbocycles. The number of hydrogen-bond acceptors (Lipinski definition) is 5. The topological polar surface area (TPSA) is 62.6 Å². The SMILES string of the molecule is O=C(CCN1C(=O)/C(=C\c2ccco2)SC1=S)Nc1cccc(F)c1. The van der Waals surface area contributed by atoms with E-state index in [1.54, 1.807) is 24.3 Å². The van der Waals surface area contributed by atoms with Gasteiger partial charge in [-0.3, -0.25) is 14.5 Å². The second kappa shape index (κ2) is 7.62. The molecule has 1 aliphatic rings. The molecule has 0 saturated carbocycles. The number of nitrogens with one attached hydrogen (secondary N) is 1. The quantitative estimate of drug-likeness (QED) is 0.638. The minimum Gasteiger partial charge on any atom is -0.465 e. The molecule has 5 nitrogen and oxygen atoms in total. The number of halogens is 1. The molecule has 2 heterocycles. The molecule has 25 heavy (non-hydrogen) atoms. The molecule has 2 aromatic rings. The lowest BCUT2D eigenvalue weighted by Crippen LogP contribution is -2.31. The third kappa shape index (κ3) is 4.34. The number of thiocarbonyl (C=S) groups is 1. The predicted molar refractivity (Wildman–Crippen MR) is 98.2 cm³/mol. The largest absolute Gasteiger partial charge is 0.465 e. The summed E-state index contributed by atoms with van der Waals surface area (Å²) < 4.78 is 18.7. The predicted octanol–water partition coefficient (Wildman–Crippen LogP) is 3.65. The van der Waals surface area contributed by atoms with E-state index in [9.17, 15) is 14.0 Å². The van der Waals surface area contributed by atoms with Gasteiger partial charge in [-0.1, -0.05) is 30.0 Å². The highest BCUT2D eigenvalue weighted by Gasteiger charge is 2.32. The summed E-state index contributed by atoms with van der Waals surface area (Å²) in [4.78, 5) is 26.2. The molecule has 0 radical (unpaired) electrons. The van der Waals surface area contributed by atoms with Gasteiger partial charge in [-0.15, -0.1) is 0 Å². The van der Waals surface area contributed by atoms with Gasteiger partial charge < -0.3 is 9.73 Å². The molecule has 0 unspecified atom stereocenters. The number of carbonyl (C=O) groups is 2. The van der Waals surface area contributed by atoms with Crippen LogP contribution in [0.2, 0.25) is 0 Å². The molecular weight excluding hydrogens is 363 g/mol. The van der Waals surface area contributed by atoms with Crippen molar-refractivity contribution in [2.75, 3.05) is 11.9 Å². The van der Waals surface area contributed by atoms with Gasteiger partial charge in [-0.2, -0.15) is 0 Å². The van der Waals surface area contributed by atoms with Crippen LogP contribution in [0.4, 0.5) is 10.1 Å². The van der Waals surface area contributed by atoms with Gasteiger partial charge in [0.05, 0.1) is 11.2 Å². The zero-order chi connectivity index (χ0) is 17.8. The lowest BCUT2D eigenvalue weighted by Gasteiger charge is -2.14. The summed E-state index contributed by atoms with van der Waals surface area (Å²) in [6.07, 6.45) is 3.19. The van der Waals surface area contributed by atoms with Crippen molar-refractivity contribution in [1.82, 2.24) is 4.90 Å². The van der Waals surface area contributed by atoms with E-state index in [4.69, 9.17) is 16.6 Å². The van der Waals surface area contributed by atoms with E-state index in [2.05, 4.69) is 5.32 Å². The van der Waals surface area contributed by atoms with Crippen LogP contribution in [-0.4, -0.2) is 27.6 Å². The van der Waals surface area contributed by atoms with Crippen LogP contribution in [0.1, 0.15) is 12.2 Å². The molecule has 1 N–H and O–H groups in total. The Morgan fingerprint density at radius 3 is 2.92 bits per heavy atom. The third-order valence-electron chi connectivity index (χ3n) is 3.36. The molecule has 1 aliphatic heterocycles. The lowest BCUT2D eigenvalue weighted by atomic mass is 10.3. The number of nitrogens with zero attached hydrogens (tertiary/aromatic N) is 1. The number of anilines is 1. The summed E-state index contributed by atoms with van der Waals surface area (Å²) in [5.41, 5.74) is 0.369. The Morgan fingerprint density at radius 1 is 1.36 bits per heavy atom.